The molecule has 0 radical (unpaired) electrons. The molecule has 0 heterocycles. The zero-order valence-corrected chi connectivity index (χ0v) is 12.4. The predicted molar refractivity (Wildman–Crippen MR) is 85.1 cm³/mol. The molecule has 0 aliphatic carbocycles. The molecule has 2 unspecified atom stereocenters. The third kappa shape index (κ3) is 3.26. The summed E-state index contributed by atoms with van der Waals surface area (Å²) in [6, 6.07) is 16.6. The van der Waals surface area contributed by atoms with Gasteiger partial charge in [-0.2, -0.15) is 0 Å². The molecule has 0 amide bonds. The van der Waals surface area contributed by atoms with E-state index >= 15 is 0 Å². The van der Waals surface area contributed by atoms with Crippen LogP contribution in [0.5, 0.6) is 5.75 Å². The molecule has 0 spiro atoms. The highest BCUT2D eigenvalue weighted by atomic mass is 16.5. The van der Waals surface area contributed by atoms with Crippen molar-refractivity contribution in [1.82, 2.24) is 0 Å². The van der Waals surface area contributed by atoms with E-state index < -0.39 is 5.60 Å². The second-order valence-corrected chi connectivity index (χ2v) is 5.08. The molecule has 21 heavy (non-hydrogen) atoms. The summed E-state index contributed by atoms with van der Waals surface area (Å²) in [5, 5.41) is 10.8. The lowest BCUT2D eigenvalue weighted by atomic mass is 9.87. The Morgan fingerprint density at radius 2 is 1.67 bits per heavy atom. The van der Waals surface area contributed by atoms with Crippen molar-refractivity contribution in [3.8, 4) is 18.1 Å². The maximum Gasteiger partial charge on any atom is 0.176 e. The Hall–Kier alpha value is -2.24. The van der Waals surface area contributed by atoms with Crippen LogP contribution in [0.2, 0.25) is 0 Å². The Kier molecular flexibility index (Phi) is 4.67. The average Bonchev–Trinajstić information content (AvgIpc) is 2.55. The van der Waals surface area contributed by atoms with Gasteiger partial charge in [0.15, 0.2) is 5.60 Å². The van der Waals surface area contributed by atoms with Crippen LogP contribution < -0.4 is 4.74 Å². The quantitative estimate of drug-likeness (QED) is 0.846. The summed E-state index contributed by atoms with van der Waals surface area (Å²) < 4.78 is 5.74. The second kappa shape index (κ2) is 6.47. The van der Waals surface area contributed by atoms with E-state index in [1.165, 1.54) is 0 Å². The molecule has 0 saturated carbocycles. The zero-order valence-electron chi connectivity index (χ0n) is 12.4. The van der Waals surface area contributed by atoms with Gasteiger partial charge in [0.25, 0.3) is 0 Å². The number of ether oxygens (including phenoxy) is 1. The number of hydrogen-bond acceptors (Lipinski definition) is 2. The summed E-state index contributed by atoms with van der Waals surface area (Å²) in [4.78, 5) is 0. The fourth-order valence-corrected chi connectivity index (χ4v) is 2.10. The minimum atomic E-state index is -1.42. The van der Waals surface area contributed by atoms with Crippen LogP contribution in [0.15, 0.2) is 54.6 Å². The monoisotopic (exact) mass is 280 g/mol. The number of aliphatic hydroxyl groups is 1. The summed E-state index contributed by atoms with van der Waals surface area (Å²) in [5.74, 6) is 3.28. The molecule has 2 rings (SSSR count). The fraction of sp³-hybridized carbons (Fsp3) is 0.263. The lowest BCUT2D eigenvalue weighted by Gasteiger charge is -2.23. The SMILES string of the molecule is C#CC(O)(c1ccccc1)c1ccc(OC(C)CC)cc1. The molecule has 2 nitrogen and oxygen atoms in total. The number of benzene rings is 2. The molecule has 2 aromatic rings. The summed E-state index contributed by atoms with van der Waals surface area (Å²) >= 11 is 0. The van der Waals surface area contributed by atoms with Gasteiger partial charge in [-0.05, 0) is 25.5 Å². The first-order valence-electron chi connectivity index (χ1n) is 7.13. The highest BCUT2D eigenvalue weighted by molar-refractivity contribution is 5.45. The fourth-order valence-electron chi connectivity index (χ4n) is 2.10. The third-order valence-corrected chi connectivity index (χ3v) is 3.58. The molecule has 0 bridgehead atoms. The molecule has 0 saturated heterocycles. The third-order valence-electron chi connectivity index (χ3n) is 3.58. The van der Waals surface area contributed by atoms with Crippen molar-refractivity contribution < 1.29 is 9.84 Å². The van der Waals surface area contributed by atoms with E-state index in [1.807, 2.05) is 61.5 Å². The summed E-state index contributed by atoms with van der Waals surface area (Å²) in [5.41, 5.74) is -0.0771. The summed E-state index contributed by atoms with van der Waals surface area (Å²) in [6.07, 6.45) is 6.69. The van der Waals surface area contributed by atoms with Crippen LogP contribution in [0, 0.1) is 12.3 Å². The van der Waals surface area contributed by atoms with Crippen molar-refractivity contribution in [2.45, 2.75) is 32.0 Å². The van der Waals surface area contributed by atoms with E-state index in [0.717, 1.165) is 12.2 Å². The second-order valence-electron chi connectivity index (χ2n) is 5.08. The summed E-state index contributed by atoms with van der Waals surface area (Å²) in [7, 11) is 0. The van der Waals surface area contributed by atoms with Crippen LogP contribution in [0.1, 0.15) is 31.4 Å². The molecule has 2 heteroatoms. The molecule has 0 aromatic heterocycles. The number of rotatable bonds is 5. The van der Waals surface area contributed by atoms with Crippen LogP contribution >= 0.6 is 0 Å². The van der Waals surface area contributed by atoms with Crippen LogP contribution in [-0.4, -0.2) is 11.2 Å². The van der Waals surface area contributed by atoms with E-state index in [1.54, 1.807) is 0 Å². The molecular formula is C19H20O2. The van der Waals surface area contributed by atoms with Crippen LogP contribution in [0.3, 0.4) is 0 Å². The average molecular weight is 280 g/mol. The Morgan fingerprint density at radius 3 is 2.19 bits per heavy atom. The predicted octanol–water partition coefficient (Wildman–Crippen LogP) is 3.73. The largest absolute Gasteiger partial charge is 0.491 e. The van der Waals surface area contributed by atoms with E-state index in [0.29, 0.717) is 11.1 Å². The first-order valence-corrected chi connectivity index (χ1v) is 7.13. The molecule has 2 atom stereocenters. The molecule has 1 N–H and O–H groups in total. The first kappa shape index (κ1) is 15.2. The minimum absolute atomic E-state index is 0.163. The van der Waals surface area contributed by atoms with Gasteiger partial charge >= 0.3 is 0 Å². The van der Waals surface area contributed by atoms with Crippen LogP contribution in [0.25, 0.3) is 0 Å². The van der Waals surface area contributed by atoms with E-state index in [-0.39, 0.29) is 6.10 Å². The van der Waals surface area contributed by atoms with Crippen molar-refractivity contribution >= 4 is 0 Å². The standard InChI is InChI=1S/C19H20O2/c1-4-15(3)21-18-13-11-17(12-14-18)19(20,5-2)16-9-7-6-8-10-16/h2,6-15,20H,4H2,1,3H3. The van der Waals surface area contributed by atoms with Gasteiger partial charge in [0, 0.05) is 11.1 Å². The molecule has 108 valence electrons. The molecular weight excluding hydrogens is 260 g/mol. The lowest BCUT2D eigenvalue weighted by molar-refractivity contribution is 0.145. The maximum atomic E-state index is 10.8. The van der Waals surface area contributed by atoms with E-state index in [9.17, 15) is 5.11 Å². The molecule has 0 aliphatic rings. The Labute approximate surface area is 126 Å². The number of hydrogen-bond donors (Lipinski definition) is 1. The zero-order chi connectivity index (χ0) is 15.3. The van der Waals surface area contributed by atoms with Gasteiger partial charge in [-0.1, -0.05) is 55.3 Å². The highest BCUT2D eigenvalue weighted by Gasteiger charge is 2.28. The van der Waals surface area contributed by atoms with Crippen LogP contribution in [0.4, 0.5) is 0 Å². The van der Waals surface area contributed by atoms with Crippen molar-refractivity contribution in [2.75, 3.05) is 0 Å². The van der Waals surface area contributed by atoms with E-state index in [4.69, 9.17) is 11.2 Å². The normalized spacial score (nSPS) is 14.8. The van der Waals surface area contributed by atoms with Crippen LogP contribution in [-0.2, 0) is 5.60 Å². The van der Waals surface area contributed by atoms with Gasteiger partial charge in [-0.25, -0.2) is 0 Å². The summed E-state index contributed by atoms with van der Waals surface area (Å²) in [6.45, 7) is 4.10. The van der Waals surface area contributed by atoms with Gasteiger partial charge in [-0.3, -0.25) is 0 Å². The van der Waals surface area contributed by atoms with Crippen molar-refractivity contribution in [3.05, 3.63) is 65.7 Å². The van der Waals surface area contributed by atoms with Gasteiger partial charge in [0.2, 0.25) is 0 Å². The van der Waals surface area contributed by atoms with Gasteiger partial charge < -0.3 is 9.84 Å². The molecule has 0 aliphatic heterocycles. The maximum absolute atomic E-state index is 10.8. The highest BCUT2D eigenvalue weighted by Crippen LogP contribution is 2.30. The topological polar surface area (TPSA) is 29.5 Å². The Bertz CT molecular complexity index is 610. The van der Waals surface area contributed by atoms with Gasteiger partial charge in [0.05, 0.1) is 6.10 Å². The minimum Gasteiger partial charge on any atom is -0.491 e. The molecule has 0 fully saturated rings. The Balaban J connectivity index is 2.30. The van der Waals surface area contributed by atoms with Crippen molar-refractivity contribution in [1.29, 1.82) is 0 Å². The van der Waals surface area contributed by atoms with Crippen molar-refractivity contribution in [2.24, 2.45) is 0 Å². The van der Waals surface area contributed by atoms with Crippen molar-refractivity contribution in [3.63, 3.8) is 0 Å². The van der Waals surface area contributed by atoms with E-state index in [2.05, 4.69) is 12.8 Å². The smallest absolute Gasteiger partial charge is 0.176 e. The first-order chi connectivity index (χ1) is 10.1. The Morgan fingerprint density at radius 1 is 1.10 bits per heavy atom. The number of terminal acetylenes is 1. The lowest BCUT2D eigenvalue weighted by Crippen LogP contribution is -2.24. The van der Waals surface area contributed by atoms with Gasteiger partial charge in [0.1, 0.15) is 5.75 Å². The molecule has 2 aromatic carbocycles. The van der Waals surface area contributed by atoms with Gasteiger partial charge in [-0.15, -0.1) is 6.42 Å².